The van der Waals surface area contributed by atoms with Crippen molar-refractivity contribution in [2.24, 2.45) is 0 Å². The van der Waals surface area contributed by atoms with E-state index in [0.29, 0.717) is 12.3 Å². The van der Waals surface area contributed by atoms with E-state index < -0.39 is 6.04 Å². The van der Waals surface area contributed by atoms with E-state index in [1.165, 1.54) is 0 Å². The predicted molar refractivity (Wildman–Crippen MR) is 120 cm³/mol. The average molecular weight is 411 g/mol. The number of nitrogens with one attached hydrogen (secondary N) is 1. The molecular formula is C25H34N2O3. The number of nitrogens with zero attached hydrogens (tertiary/aromatic N) is 1. The zero-order chi connectivity index (χ0) is 22.5. The molecule has 0 spiro atoms. The molecule has 30 heavy (non-hydrogen) atoms. The summed E-state index contributed by atoms with van der Waals surface area (Å²) in [6, 6.07) is 13.2. The summed E-state index contributed by atoms with van der Waals surface area (Å²) in [7, 11) is 0. The lowest BCUT2D eigenvalue weighted by molar-refractivity contribution is -0.142. The molecule has 2 aromatic carbocycles. The van der Waals surface area contributed by atoms with Crippen LogP contribution in [-0.2, 0) is 16.1 Å². The van der Waals surface area contributed by atoms with Gasteiger partial charge in [0.2, 0.25) is 5.91 Å². The number of amides is 2. The van der Waals surface area contributed by atoms with Crippen molar-refractivity contribution in [2.45, 2.75) is 66.6 Å². The lowest BCUT2D eigenvalue weighted by Gasteiger charge is -2.31. The summed E-state index contributed by atoms with van der Waals surface area (Å²) in [5, 5.41) is 2.97. The van der Waals surface area contributed by atoms with Gasteiger partial charge in [-0.05, 0) is 71.2 Å². The minimum Gasteiger partial charge on any atom is -0.483 e. The van der Waals surface area contributed by atoms with Gasteiger partial charge < -0.3 is 15.0 Å². The molecule has 0 bridgehead atoms. The van der Waals surface area contributed by atoms with Crippen molar-refractivity contribution in [1.82, 2.24) is 10.2 Å². The molecule has 0 radical (unpaired) electrons. The van der Waals surface area contributed by atoms with E-state index in [-0.39, 0.29) is 24.0 Å². The molecule has 0 saturated carbocycles. The molecule has 0 aliphatic rings. The van der Waals surface area contributed by atoms with Crippen molar-refractivity contribution in [3.63, 3.8) is 0 Å². The zero-order valence-corrected chi connectivity index (χ0v) is 19.2. The van der Waals surface area contributed by atoms with E-state index in [2.05, 4.69) is 5.32 Å². The molecule has 0 aliphatic carbocycles. The summed E-state index contributed by atoms with van der Waals surface area (Å²) in [5.74, 6) is 0.273. The topological polar surface area (TPSA) is 58.6 Å². The third kappa shape index (κ3) is 6.90. The zero-order valence-electron chi connectivity index (χ0n) is 19.2. The molecule has 1 atom stereocenters. The van der Waals surface area contributed by atoms with Crippen LogP contribution in [0.3, 0.4) is 0 Å². The molecule has 5 nitrogen and oxygen atoms in total. The van der Waals surface area contributed by atoms with Crippen LogP contribution >= 0.6 is 0 Å². The van der Waals surface area contributed by atoms with Crippen LogP contribution in [0.25, 0.3) is 0 Å². The fourth-order valence-electron chi connectivity index (χ4n) is 3.15. The highest BCUT2D eigenvalue weighted by Gasteiger charge is 2.28. The number of benzene rings is 2. The van der Waals surface area contributed by atoms with Crippen molar-refractivity contribution in [1.29, 1.82) is 0 Å². The van der Waals surface area contributed by atoms with E-state index in [4.69, 9.17) is 4.74 Å². The Morgan fingerprint density at radius 3 is 2.33 bits per heavy atom. The second kappa shape index (κ2) is 9.79. The van der Waals surface area contributed by atoms with Crippen molar-refractivity contribution < 1.29 is 14.3 Å². The standard InChI is InChI=1S/C25H34N2O3/c1-17-9-8-10-21(13-17)15-27(20(4)24(29)26-25(5,6)7)23(28)16-30-22-14-18(2)11-12-19(22)3/h8-14,20H,15-16H2,1-7H3,(H,26,29)/t20-/m1/s1. The van der Waals surface area contributed by atoms with Gasteiger partial charge in [0.1, 0.15) is 11.8 Å². The van der Waals surface area contributed by atoms with Gasteiger partial charge in [-0.25, -0.2) is 0 Å². The highest BCUT2D eigenvalue weighted by molar-refractivity contribution is 5.88. The molecule has 1 N–H and O–H groups in total. The Morgan fingerprint density at radius 2 is 1.70 bits per heavy atom. The molecule has 2 amide bonds. The molecule has 0 unspecified atom stereocenters. The van der Waals surface area contributed by atoms with Crippen LogP contribution in [0.15, 0.2) is 42.5 Å². The van der Waals surface area contributed by atoms with Gasteiger partial charge in [0, 0.05) is 12.1 Å². The lowest BCUT2D eigenvalue weighted by atomic mass is 10.1. The third-order valence-corrected chi connectivity index (χ3v) is 4.80. The maximum absolute atomic E-state index is 13.1. The highest BCUT2D eigenvalue weighted by atomic mass is 16.5. The van der Waals surface area contributed by atoms with Gasteiger partial charge in [0.15, 0.2) is 6.61 Å². The molecule has 0 fully saturated rings. The van der Waals surface area contributed by atoms with Crippen molar-refractivity contribution in [2.75, 3.05) is 6.61 Å². The van der Waals surface area contributed by atoms with E-state index in [0.717, 1.165) is 22.3 Å². The summed E-state index contributed by atoms with van der Waals surface area (Å²) in [6.45, 7) is 13.7. The van der Waals surface area contributed by atoms with Gasteiger partial charge in [0.05, 0.1) is 0 Å². The largest absolute Gasteiger partial charge is 0.483 e. The number of aryl methyl sites for hydroxylation is 3. The Hall–Kier alpha value is -2.82. The Balaban J connectivity index is 2.21. The Bertz CT molecular complexity index is 900. The molecule has 2 rings (SSSR count). The lowest BCUT2D eigenvalue weighted by Crippen LogP contribution is -2.53. The summed E-state index contributed by atoms with van der Waals surface area (Å²) >= 11 is 0. The first kappa shape index (κ1) is 23.5. The minimum atomic E-state index is -0.626. The van der Waals surface area contributed by atoms with Crippen LogP contribution in [0.2, 0.25) is 0 Å². The third-order valence-electron chi connectivity index (χ3n) is 4.80. The van der Waals surface area contributed by atoms with E-state index >= 15 is 0 Å². The molecule has 0 saturated heterocycles. The number of hydrogen-bond acceptors (Lipinski definition) is 3. The summed E-state index contributed by atoms with van der Waals surface area (Å²) in [4.78, 5) is 27.5. The van der Waals surface area contributed by atoms with E-state index in [1.807, 2.05) is 84.0 Å². The monoisotopic (exact) mass is 410 g/mol. The fourth-order valence-corrected chi connectivity index (χ4v) is 3.15. The molecule has 162 valence electrons. The maximum atomic E-state index is 13.1. The van der Waals surface area contributed by atoms with Gasteiger partial charge >= 0.3 is 0 Å². The second-order valence-electron chi connectivity index (χ2n) is 8.98. The molecule has 0 heterocycles. The highest BCUT2D eigenvalue weighted by Crippen LogP contribution is 2.20. The van der Waals surface area contributed by atoms with E-state index in [1.54, 1.807) is 11.8 Å². The summed E-state index contributed by atoms with van der Waals surface area (Å²) in [5.41, 5.74) is 3.75. The van der Waals surface area contributed by atoms with Crippen LogP contribution < -0.4 is 10.1 Å². The van der Waals surface area contributed by atoms with Gasteiger partial charge in [-0.2, -0.15) is 0 Å². The first-order valence-corrected chi connectivity index (χ1v) is 10.3. The number of hydrogen-bond donors (Lipinski definition) is 1. The van der Waals surface area contributed by atoms with Crippen LogP contribution in [0.1, 0.15) is 49.9 Å². The molecule has 0 aromatic heterocycles. The predicted octanol–water partition coefficient (Wildman–Crippen LogP) is 4.32. The number of rotatable bonds is 7. The van der Waals surface area contributed by atoms with Crippen LogP contribution in [0, 0.1) is 20.8 Å². The van der Waals surface area contributed by atoms with Gasteiger partial charge in [-0.3, -0.25) is 9.59 Å². The number of carbonyl (C=O) groups is 2. The normalized spacial score (nSPS) is 12.2. The maximum Gasteiger partial charge on any atom is 0.261 e. The van der Waals surface area contributed by atoms with Crippen molar-refractivity contribution >= 4 is 11.8 Å². The number of carbonyl (C=O) groups excluding carboxylic acids is 2. The smallest absolute Gasteiger partial charge is 0.261 e. The minimum absolute atomic E-state index is 0.122. The first-order valence-electron chi connectivity index (χ1n) is 10.3. The quantitative estimate of drug-likeness (QED) is 0.739. The Morgan fingerprint density at radius 1 is 1.03 bits per heavy atom. The molecule has 5 heteroatoms. The van der Waals surface area contributed by atoms with Crippen LogP contribution in [-0.4, -0.2) is 34.9 Å². The summed E-state index contributed by atoms with van der Waals surface area (Å²) < 4.78 is 5.83. The Kier molecular flexibility index (Phi) is 7.65. The van der Waals surface area contributed by atoms with Crippen molar-refractivity contribution in [3.05, 3.63) is 64.7 Å². The molecule has 2 aromatic rings. The van der Waals surface area contributed by atoms with Gasteiger partial charge in [0.25, 0.3) is 5.91 Å². The van der Waals surface area contributed by atoms with Crippen LogP contribution in [0.4, 0.5) is 0 Å². The van der Waals surface area contributed by atoms with E-state index in [9.17, 15) is 9.59 Å². The van der Waals surface area contributed by atoms with Gasteiger partial charge in [-0.15, -0.1) is 0 Å². The summed E-state index contributed by atoms with van der Waals surface area (Å²) in [6.07, 6.45) is 0. The molecular weight excluding hydrogens is 376 g/mol. The Labute approximate surface area is 180 Å². The van der Waals surface area contributed by atoms with Crippen molar-refractivity contribution in [3.8, 4) is 5.75 Å². The van der Waals surface area contributed by atoms with Gasteiger partial charge in [-0.1, -0.05) is 42.0 Å². The van der Waals surface area contributed by atoms with Crippen LogP contribution in [0.5, 0.6) is 5.75 Å². The fraction of sp³-hybridized carbons (Fsp3) is 0.440. The number of ether oxygens (including phenoxy) is 1. The SMILES string of the molecule is Cc1cccc(CN(C(=O)COc2cc(C)ccc2C)[C@H](C)C(=O)NC(C)(C)C)c1. The second-order valence-corrected chi connectivity index (χ2v) is 8.98. The first-order chi connectivity index (χ1) is 14.0. The molecule has 0 aliphatic heterocycles. The average Bonchev–Trinajstić information content (AvgIpc) is 2.64.